The molecule has 0 unspecified atom stereocenters. The van der Waals surface area contributed by atoms with Gasteiger partial charge in [-0.3, -0.25) is 23.6 Å². The van der Waals surface area contributed by atoms with Gasteiger partial charge in [-0.05, 0) is 31.5 Å². The van der Waals surface area contributed by atoms with Crippen molar-refractivity contribution >= 4 is 11.6 Å². The topological polar surface area (TPSA) is 86.0 Å². The zero-order valence-electron chi connectivity index (χ0n) is 19.6. The van der Waals surface area contributed by atoms with Crippen LogP contribution in [0.2, 0.25) is 0 Å². The Labute approximate surface area is 193 Å². The van der Waals surface area contributed by atoms with Gasteiger partial charge >= 0.3 is 5.69 Å². The lowest BCUT2D eigenvalue weighted by Crippen LogP contribution is -2.49. The number of hydrogen-bond acceptors (Lipinski definition) is 7. The Morgan fingerprint density at radius 1 is 1.03 bits per heavy atom. The van der Waals surface area contributed by atoms with E-state index < -0.39 is 0 Å². The number of nitrogens with zero attached hydrogens (tertiary/aromatic N) is 4. The third-order valence-electron chi connectivity index (χ3n) is 5.78. The van der Waals surface area contributed by atoms with Gasteiger partial charge in [0.05, 0.1) is 6.61 Å². The molecule has 3 rings (SSSR count). The molecule has 1 aliphatic rings. The fourth-order valence-electron chi connectivity index (χ4n) is 3.80. The van der Waals surface area contributed by atoms with Crippen LogP contribution < -0.4 is 25.6 Å². The lowest BCUT2D eigenvalue weighted by atomic mass is 10.1. The maximum Gasteiger partial charge on any atom is 0.332 e. The molecule has 0 bridgehead atoms. The van der Waals surface area contributed by atoms with Gasteiger partial charge in [0, 0.05) is 58.4 Å². The third kappa shape index (κ3) is 5.92. The number of benzene rings is 1. The van der Waals surface area contributed by atoms with E-state index in [4.69, 9.17) is 9.47 Å². The van der Waals surface area contributed by atoms with Crippen LogP contribution >= 0.6 is 0 Å². The molecule has 33 heavy (non-hydrogen) atoms. The van der Waals surface area contributed by atoms with Gasteiger partial charge in [-0.2, -0.15) is 0 Å². The van der Waals surface area contributed by atoms with Gasteiger partial charge in [-0.25, -0.2) is 4.79 Å². The average Bonchev–Trinajstić information content (AvgIpc) is 2.82. The summed E-state index contributed by atoms with van der Waals surface area (Å²) in [5.74, 6) is 1.78. The Hall–Kier alpha value is -3.33. The molecule has 1 aromatic carbocycles. The van der Waals surface area contributed by atoms with Crippen LogP contribution in [0.5, 0.6) is 11.5 Å². The van der Waals surface area contributed by atoms with E-state index in [1.54, 1.807) is 31.3 Å². The summed E-state index contributed by atoms with van der Waals surface area (Å²) in [5.41, 5.74) is -0.0301. The quantitative estimate of drug-likeness (QED) is 0.304. The van der Waals surface area contributed by atoms with Crippen molar-refractivity contribution in [1.82, 2.24) is 14.0 Å². The predicted molar refractivity (Wildman–Crippen MR) is 128 cm³/mol. The highest BCUT2D eigenvalue weighted by Crippen LogP contribution is 2.29. The number of Topliss-reactive ketones (excluding diaryl/α,β-unsaturated/α-hetero) is 1. The molecule has 0 amide bonds. The molecule has 2 heterocycles. The molecule has 0 saturated carbocycles. The minimum atomic E-state index is -0.317. The zero-order valence-corrected chi connectivity index (χ0v) is 19.6. The Balaban J connectivity index is 1.51. The molecular formula is C24H32N4O5. The van der Waals surface area contributed by atoms with Gasteiger partial charge in [0.1, 0.15) is 12.4 Å². The molecule has 0 N–H and O–H groups in total. The van der Waals surface area contributed by atoms with Crippen LogP contribution in [0.3, 0.4) is 0 Å². The summed E-state index contributed by atoms with van der Waals surface area (Å²) >= 11 is 0. The Morgan fingerprint density at radius 2 is 1.76 bits per heavy atom. The fourth-order valence-corrected chi connectivity index (χ4v) is 3.80. The lowest BCUT2D eigenvalue weighted by molar-refractivity contribution is 0.101. The molecule has 1 saturated heterocycles. The highest BCUT2D eigenvalue weighted by atomic mass is 16.5. The van der Waals surface area contributed by atoms with E-state index in [1.165, 1.54) is 24.6 Å². The van der Waals surface area contributed by atoms with Gasteiger partial charge in [0.25, 0.3) is 5.56 Å². The van der Waals surface area contributed by atoms with E-state index >= 15 is 0 Å². The Bertz CT molecular complexity index is 1110. The van der Waals surface area contributed by atoms with Gasteiger partial charge in [0.15, 0.2) is 17.3 Å². The van der Waals surface area contributed by atoms with Gasteiger partial charge in [-0.15, -0.1) is 0 Å². The van der Waals surface area contributed by atoms with E-state index in [1.807, 2.05) is 0 Å². The first-order chi connectivity index (χ1) is 15.8. The number of anilines is 1. The summed E-state index contributed by atoms with van der Waals surface area (Å²) in [6.07, 6.45) is 2.48. The number of aromatic nitrogens is 2. The number of carbonyl (C=O) groups excluding carboxylic acids is 1. The maximum atomic E-state index is 12.2. The minimum Gasteiger partial charge on any atom is -0.490 e. The first-order valence-electron chi connectivity index (χ1n) is 11.1. The summed E-state index contributed by atoms with van der Waals surface area (Å²) in [7, 11) is 3.17. The molecule has 1 aromatic heterocycles. The van der Waals surface area contributed by atoms with Crippen molar-refractivity contribution in [2.24, 2.45) is 14.1 Å². The van der Waals surface area contributed by atoms with Crippen molar-refractivity contribution in [1.29, 1.82) is 0 Å². The Kier molecular flexibility index (Phi) is 8.11. The molecule has 1 fully saturated rings. The largest absolute Gasteiger partial charge is 0.490 e. The van der Waals surface area contributed by atoms with Crippen LogP contribution in [0.1, 0.15) is 23.7 Å². The molecule has 0 atom stereocenters. The zero-order chi connectivity index (χ0) is 24.0. The van der Waals surface area contributed by atoms with Crippen molar-refractivity contribution in [2.45, 2.75) is 13.3 Å². The summed E-state index contributed by atoms with van der Waals surface area (Å²) in [6.45, 7) is 10.0. The van der Waals surface area contributed by atoms with Crippen molar-refractivity contribution in [3.05, 3.63) is 63.3 Å². The SMILES string of the molecule is C=CCOc1ccc(C(C)=O)cc1OCCCN1CCN(c2cc(=O)n(C)c(=O)n2C)CC1. The van der Waals surface area contributed by atoms with Crippen molar-refractivity contribution < 1.29 is 14.3 Å². The standard InChI is InChI=1S/C24H32N4O5/c1-5-14-32-20-8-7-19(18(2)29)16-21(20)33-15-6-9-27-10-12-28(13-11-27)22-17-23(30)26(4)24(31)25(22)3/h5,7-8,16-17H,1,6,9-15H2,2-4H3. The highest BCUT2D eigenvalue weighted by Gasteiger charge is 2.20. The van der Waals surface area contributed by atoms with E-state index in [0.29, 0.717) is 36.1 Å². The number of piperazine rings is 1. The molecule has 9 heteroatoms. The summed E-state index contributed by atoms with van der Waals surface area (Å²) in [5, 5.41) is 0. The average molecular weight is 457 g/mol. The molecule has 1 aliphatic heterocycles. The minimum absolute atomic E-state index is 0.0261. The first kappa shape index (κ1) is 24.3. The molecular weight excluding hydrogens is 424 g/mol. The highest BCUT2D eigenvalue weighted by molar-refractivity contribution is 5.94. The van der Waals surface area contributed by atoms with Gasteiger partial charge in [-0.1, -0.05) is 12.7 Å². The van der Waals surface area contributed by atoms with Crippen LogP contribution in [0.25, 0.3) is 0 Å². The molecule has 9 nitrogen and oxygen atoms in total. The predicted octanol–water partition coefficient (Wildman–Crippen LogP) is 1.44. The smallest absolute Gasteiger partial charge is 0.332 e. The number of ether oxygens (including phenoxy) is 2. The van der Waals surface area contributed by atoms with E-state index in [9.17, 15) is 14.4 Å². The monoisotopic (exact) mass is 456 g/mol. The normalized spacial score (nSPS) is 14.2. The molecule has 2 aromatic rings. The van der Waals surface area contributed by atoms with Gasteiger partial charge < -0.3 is 14.4 Å². The summed E-state index contributed by atoms with van der Waals surface area (Å²) in [4.78, 5) is 40.3. The second-order valence-corrected chi connectivity index (χ2v) is 8.09. The van der Waals surface area contributed by atoms with Crippen molar-refractivity contribution in [2.75, 3.05) is 50.8 Å². The number of ketones is 1. The number of rotatable bonds is 10. The van der Waals surface area contributed by atoms with Crippen LogP contribution in [-0.4, -0.2) is 65.8 Å². The van der Waals surface area contributed by atoms with Crippen molar-refractivity contribution in [3.8, 4) is 11.5 Å². The fraction of sp³-hybridized carbons (Fsp3) is 0.458. The van der Waals surface area contributed by atoms with Crippen molar-refractivity contribution in [3.63, 3.8) is 0 Å². The summed E-state index contributed by atoms with van der Waals surface area (Å²) in [6, 6.07) is 6.71. The lowest BCUT2D eigenvalue weighted by Gasteiger charge is -2.36. The van der Waals surface area contributed by atoms with Crippen LogP contribution in [0.4, 0.5) is 5.82 Å². The second-order valence-electron chi connectivity index (χ2n) is 8.09. The Morgan fingerprint density at radius 3 is 2.42 bits per heavy atom. The third-order valence-corrected chi connectivity index (χ3v) is 5.78. The molecule has 178 valence electrons. The second kappa shape index (κ2) is 11.0. The number of hydrogen-bond donors (Lipinski definition) is 0. The number of carbonyl (C=O) groups is 1. The van der Waals surface area contributed by atoms with Crippen LogP contribution in [0, 0.1) is 0 Å². The summed E-state index contributed by atoms with van der Waals surface area (Å²) < 4.78 is 14.2. The van der Waals surface area contributed by atoms with Crippen LogP contribution in [-0.2, 0) is 14.1 Å². The van der Waals surface area contributed by atoms with Gasteiger partial charge in [0.2, 0.25) is 0 Å². The molecule has 0 radical (unpaired) electrons. The van der Waals surface area contributed by atoms with E-state index in [-0.39, 0.29) is 17.0 Å². The first-order valence-corrected chi connectivity index (χ1v) is 11.1. The molecule has 0 aliphatic carbocycles. The van der Waals surface area contributed by atoms with Crippen LogP contribution in [0.15, 0.2) is 46.5 Å². The maximum absolute atomic E-state index is 12.2. The molecule has 0 spiro atoms. The van der Waals surface area contributed by atoms with E-state index in [0.717, 1.165) is 43.7 Å². The van der Waals surface area contributed by atoms with E-state index in [2.05, 4.69) is 16.4 Å².